The van der Waals surface area contributed by atoms with Crippen molar-refractivity contribution in [2.75, 3.05) is 6.61 Å². The van der Waals surface area contributed by atoms with E-state index in [4.69, 9.17) is 4.74 Å². The first-order valence-corrected chi connectivity index (χ1v) is 8.25. The number of aromatic nitrogens is 4. The lowest BCUT2D eigenvalue weighted by Gasteiger charge is -2.04. The highest BCUT2D eigenvalue weighted by molar-refractivity contribution is 9.10. The van der Waals surface area contributed by atoms with Gasteiger partial charge in [-0.3, -0.25) is 4.79 Å². The van der Waals surface area contributed by atoms with Crippen LogP contribution in [0.2, 0.25) is 0 Å². The van der Waals surface area contributed by atoms with Crippen molar-refractivity contribution in [2.45, 2.75) is 13.5 Å². The zero-order chi connectivity index (χ0) is 16.9. The van der Waals surface area contributed by atoms with Gasteiger partial charge < -0.3 is 4.74 Å². The second-order valence-corrected chi connectivity index (χ2v) is 5.95. The van der Waals surface area contributed by atoms with Crippen molar-refractivity contribution < 1.29 is 9.53 Å². The van der Waals surface area contributed by atoms with Crippen LogP contribution >= 0.6 is 15.9 Å². The minimum atomic E-state index is -0.0854. The molecule has 0 fully saturated rings. The summed E-state index contributed by atoms with van der Waals surface area (Å²) in [5, 5.41) is 12.2. The van der Waals surface area contributed by atoms with Crippen LogP contribution in [0.4, 0.5) is 0 Å². The lowest BCUT2D eigenvalue weighted by Crippen LogP contribution is -2.13. The van der Waals surface area contributed by atoms with E-state index in [9.17, 15) is 4.79 Å². The van der Waals surface area contributed by atoms with E-state index in [1.807, 2.05) is 31.2 Å². The van der Waals surface area contributed by atoms with Crippen LogP contribution in [-0.4, -0.2) is 32.6 Å². The number of carbonyl (C=O) groups excluding carboxylic acids is 1. The molecule has 2 aromatic carbocycles. The molecule has 0 saturated heterocycles. The topological polar surface area (TPSA) is 69.9 Å². The van der Waals surface area contributed by atoms with Gasteiger partial charge in [-0.15, -0.1) is 10.2 Å². The standard InChI is InChI=1S/C17H15BrN4O2/c1-2-24-15-9-5-12(6-10-15)16(23)11-22-20-17(19-21-22)13-3-7-14(18)8-4-13/h3-10H,2,11H2,1H3. The highest BCUT2D eigenvalue weighted by atomic mass is 79.9. The second-order valence-electron chi connectivity index (χ2n) is 5.03. The third-order valence-electron chi connectivity index (χ3n) is 3.33. The van der Waals surface area contributed by atoms with Crippen molar-refractivity contribution in [1.82, 2.24) is 20.2 Å². The molecule has 1 aromatic heterocycles. The number of Topliss-reactive ketones (excluding diaryl/α,β-unsaturated/α-hetero) is 1. The molecule has 0 aliphatic rings. The lowest BCUT2D eigenvalue weighted by molar-refractivity contribution is 0.0961. The molecule has 0 aliphatic heterocycles. The van der Waals surface area contributed by atoms with Crippen LogP contribution in [0.5, 0.6) is 5.75 Å². The molecule has 0 unspecified atom stereocenters. The van der Waals surface area contributed by atoms with Crippen molar-refractivity contribution in [2.24, 2.45) is 0 Å². The molecule has 0 aliphatic carbocycles. The Morgan fingerprint density at radius 2 is 1.83 bits per heavy atom. The van der Waals surface area contributed by atoms with Crippen molar-refractivity contribution in [3.05, 3.63) is 58.6 Å². The summed E-state index contributed by atoms with van der Waals surface area (Å²) in [6.45, 7) is 2.55. The highest BCUT2D eigenvalue weighted by Gasteiger charge is 2.11. The minimum Gasteiger partial charge on any atom is -0.494 e. The molecular formula is C17H15BrN4O2. The lowest BCUT2D eigenvalue weighted by atomic mass is 10.1. The molecule has 6 nitrogen and oxygen atoms in total. The smallest absolute Gasteiger partial charge is 0.204 e. The van der Waals surface area contributed by atoms with Gasteiger partial charge in [0, 0.05) is 15.6 Å². The molecule has 0 atom stereocenters. The third-order valence-corrected chi connectivity index (χ3v) is 3.86. The van der Waals surface area contributed by atoms with Gasteiger partial charge in [-0.25, -0.2) is 0 Å². The van der Waals surface area contributed by atoms with E-state index in [0.29, 0.717) is 18.0 Å². The van der Waals surface area contributed by atoms with Gasteiger partial charge in [0.25, 0.3) is 0 Å². The van der Waals surface area contributed by atoms with Crippen LogP contribution in [0.15, 0.2) is 53.0 Å². The summed E-state index contributed by atoms with van der Waals surface area (Å²) >= 11 is 3.38. The summed E-state index contributed by atoms with van der Waals surface area (Å²) in [5.41, 5.74) is 1.43. The first-order valence-electron chi connectivity index (χ1n) is 7.45. The molecule has 0 spiro atoms. The fourth-order valence-electron chi connectivity index (χ4n) is 2.15. The molecule has 3 rings (SSSR count). The van der Waals surface area contributed by atoms with Crippen LogP contribution in [0.25, 0.3) is 11.4 Å². The van der Waals surface area contributed by atoms with E-state index >= 15 is 0 Å². The Kier molecular flexibility index (Phi) is 5.00. The largest absolute Gasteiger partial charge is 0.494 e. The fourth-order valence-corrected chi connectivity index (χ4v) is 2.41. The molecule has 3 aromatic rings. The summed E-state index contributed by atoms with van der Waals surface area (Å²) in [7, 11) is 0. The molecule has 122 valence electrons. The zero-order valence-corrected chi connectivity index (χ0v) is 14.6. The van der Waals surface area contributed by atoms with Crippen molar-refractivity contribution in [3.63, 3.8) is 0 Å². The van der Waals surface area contributed by atoms with Crippen molar-refractivity contribution in [3.8, 4) is 17.1 Å². The van der Waals surface area contributed by atoms with Gasteiger partial charge in [0.05, 0.1) is 6.61 Å². The Bertz CT molecular complexity index is 829. The zero-order valence-electron chi connectivity index (χ0n) is 13.0. The Morgan fingerprint density at radius 3 is 2.50 bits per heavy atom. The molecule has 24 heavy (non-hydrogen) atoms. The first kappa shape index (κ1) is 16.3. The Morgan fingerprint density at radius 1 is 1.12 bits per heavy atom. The van der Waals surface area contributed by atoms with Crippen LogP contribution < -0.4 is 4.74 Å². The molecule has 7 heteroatoms. The van der Waals surface area contributed by atoms with Gasteiger partial charge in [0.15, 0.2) is 5.78 Å². The Labute approximate surface area is 147 Å². The summed E-state index contributed by atoms with van der Waals surface area (Å²) < 4.78 is 6.34. The number of hydrogen-bond donors (Lipinski definition) is 0. The third kappa shape index (κ3) is 3.86. The van der Waals surface area contributed by atoms with Gasteiger partial charge in [0.2, 0.25) is 5.82 Å². The molecule has 0 radical (unpaired) electrons. The van der Waals surface area contributed by atoms with E-state index in [1.54, 1.807) is 24.3 Å². The summed E-state index contributed by atoms with van der Waals surface area (Å²) in [6, 6.07) is 14.6. The molecule has 1 heterocycles. The minimum absolute atomic E-state index is 0.0392. The molecule has 0 N–H and O–H groups in total. The van der Waals surface area contributed by atoms with Gasteiger partial charge in [0.1, 0.15) is 12.3 Å². The van der Waals surface area contributed by atoms with Gasteiger partial charge in [-0.2, -0.15) is 4.80 Å². The summed E-state index contributed by atoms with van der Waals surface area (Å²) in [4.78, 5) is 13.6. The average Bonchev–Trinajstić information content (AvgIpc) is 3.05. The quantitative estimate of drug-likeness (QED) is 0.607. The van der Waals surface area contributed by atoms with E-state index in [-0.39, 0.29) is 12.3 Å². The van der Waals surface area contributed by atoms with Crippen LogP contribution in [-0.2, 0) is 6.54 Å². The molecule has 0 bridgehead atoms. The number of benzene rings is 2. The maximum Gasteiger partial charge on any atom is 0.204 e. The summed E-state index contributed by atoms with van der Waals surface area (Å²) in [5.74, 6) is 1.14. The maximum atomic E-state index is 12.3. The predicted octanol–water partition coefficient (Wildman–Crippen LogP) is 3.38. The maximum absolute atomic E-state index is 12.3. The van der Waals surface area contributed by atoms with Gasteiger partial charge in [-0.1, -0.05) is 15.9 Å². The average molecular weight is 387 g/mol. The van der Waals surface area contributed by atoms with E-state index in [2.05, 4.69) is 31.3 Å². The number of ether oxygens (including phenoxy) is 1. The fraction of sp³-hybridized carbons (Fsp3) is 0.176. The Balaban J connectivity index is 1.69. The van der Waals surface area contributed by atoms with Crippen LogP contribution in [0.3, 0.4) is 0 Å². The Hall–Kier alpha value is -2.54. The van der Waals surface area contributed by atoms with Crippen LogP contribution in [0.1, 0.15) is 17.3 Å². The number of tetrazole rings is 1. The SMILES string of the molecule is CCOc1ccc(C(=O)Cn2nnc(-c3ccc(Br)cc3)n2)cc1. The number of halogens is 1. The highest BCUT2D eigenvalue weighted by Crippen LogP contribution is 2.17. The van der Waals surface area contributed by atoms with Crippen LogP contribution in [0, 0.1) is 0 Å². The summed E-state index contributed by atoms with van der Waals surface area (Å²) in [6.07, 6.45) is 0. The number of ketones is 1. The van der Waals surface area contributed by atoms with E-state index in [0.717, 1.165) is 15.8 Å². The molecule has 0 saturated carbocycles. The van der Waals surface area contributed by atoms with Gasteiger partial charge >= 0.3 is 0 Å². The van der Waals surface area contributed by atoms with Gasteiger partial charge in [-0.05, 0) is 60.7 Å². The molecular weight excluding hydrogens is 372 g/mol. The van der Waals surface area contributed by atoms with E-state index < -0.39 is 0 Å². The number of nitrogens with zero attached hydrogens (tertiary/aromatic N) is 4. The predicted molar refractivity (Wildman–Crippen MR) is 92.9 cm³/mol. The second kappa shape index (κ2) is 7.35. The van der Waals surface area contributed by atoms with E-state index in [1.165, 1.54) is 4.80 Å². The molecule has 0 amide bonds. The van der Waals surface area contributed by atoms with Crippen molar-refractivity contribution in [1.29, 1.82) is 0 Å². The number of carbonyl (C=O) groups is 1. The number of hydrogen-bond acceptors (Lipinski definition) is 5. The number of rotatable bonds is 6. The monoisotopic (exact) mass is 386 g/mol. The normalized spacial score (nSPS) is 10.6. The first-order chi connectivity index (χ1) is 11.7. The van der Waals surface area contributed by atoms with Crippen molar-refractivity contribution >= 4 is 21.7 Å².